The summed E-state index contributed by atoms with van der Waals surface area (Å²) in [5.41, 5.74) is 5.86. The van der Waals surface area contributed by atoms with Crippen molar-refractivity contribution in [3.05, 3.63) is 87.2 Å². The number of hydrogen-bond donors (Lipinski definition) is 2. The number of anilines is 1. The number of benzene rings is 2. The van der Waals surface area contributed by atoms with Crippen molar-refractivity contribution in [2.24, 2.45) is 0 Å². The maximum absolute atomic E-state index is 12.8. The van der Waals surface area contributed by atoms with Gasteiger partial charge >= 0.3 is 0 Å². The summed E-state index contributed by atoms with van der Waals surface area (Å²) >= 11 is 3.51. The first kappa shape index (κ1) is 17.3. The Balaban J connectivity index is 1.75. The summed E-state index contributed by atoms with van der Waals surface area (Å²) in [6.45, 7) is 2.66. The number of amides is 1. The lowest BCUT2D eigenvalue weighted by Gasteiger charge is -2.33. The molecule has 5 rings (SSSR count). The monoisotopic (exact) mass is 434 g/mol. The van der Waals surface area contributed by atoms with E-state index in [1.54, 1.807) is 0 Å². The third-order valence-corrected chi connectivity index (χ3v) is 5.92. The van der Waals surface area contributed by atoms with Crippen LogP contribution in [0.1, 0.15) is 29.2 Å². The van der Waals surface area contributed by atoms with Gasteiger partial charge in [-0.2, -0.15) is 5.10 Å². The van der Waals surface area contributed by atoms with Crippen molar-refractivity contribution in [1.82, 2.24) is 15.1 Å². The van der Waals surface area contributed by atoms with E-state index in [2.05, 4.69) is 38.7 Å². The van der Waals surface area contributed by atoms with Crippen molar-refractivity contribution in [2.75, 3.05) is 11.9 Å². The number of para-hydroxylation sites is 1. The lowest BCUT2D eigenvalue weighted by atomic mass is 9.79. The summed E-state index contributed by atoms with van der Waals surface area (Å²) in [4.78, 5) is 12.8. The average molecular weight is 435 g/mol. The average Bonchev–Trinajstić information content (AvgIpc) is 3.04. The molecule has 1 amide bonds. The van der Waals surface area contributed by atoms with Gasteiger partial charge in [0.2, 0.25) is 5.91 Å². The molecule has 2 aromatic carbocycles. The van der Waals surface area contributed by atoms with Crippen LogP contribution >= 0.6 is 15.9 Å². The molecule has 0 fully saturated rings. The van der Waals surface area contributed by atoms with Crippen LogP contribution < -0.4 is 10.6 Å². The van der Waals surface area contributed by atoms with Crippen molar-refractivity contribution in [2.45, 2.75) is 19.3 Å². The smallest absolute Gasteiger partial charge is 0.249 e. The molecule has 0 aliphatic carbocycles. The fourth-order valence-corrected chi connectivity index (χ4v) is 4.40. The number of aromatic nitrogens is 2. The van der Waals surface area contributed by atoms with Gasteiger partial charge < -0.3 is 10.6 Å². The predicted molar refractivity (Wildman–Crippen MR) is 113 cm³/mol. The molecular formula is C22H19BrN4O. The van der Waals surface area contributed by atoms with E-state index in [-0.39, 0.29) is 11.8 Å². The fourth-order valence-electron chi connectivity index (χ4n) is 4.14. The van der Waals surface area contributed by atoms with Crippen LogP contribution in [0.3, 0.4) is 0 Å². The first-order valence-corrected chi connectivity index (χ1v) is 10.1. The third-order valence-electron chi connectivity index (χ3n) is 5.39. The molecule has 140 valence electrons. The zero-order valence-corrected chi connectivity index (χ0v) is 17.0. The van der Waals surface area contributed by atoms with Gasteiger partial charge in [-0.3, -0.25) is 4.79 Å². The van der Waals surface area contributed by atoms with E-state index in [4.69, 9.17) is 5.10 Å². The number of rotatable bonds is 2. The number of nitrogens with zero attached hydrogens (tertiary/aromatic N) is 2. The van der Waals surface area contributed by atoms with Gasteiger partial charge in [0.1, 0.15) is 5.82 Å². The van der Waals surface area contributed by atoms with Gasteiger partial charge in [0, 0.05) is 40.2 Å². The van der Waals surface area contributed by atoms with E-state index in [0.29, 0.717) is 6.54 Å². The van der Waals surface area contributed by atoms with Gasteiger partial charge in [-0.25, -0.2) is 4.68 Å². The van der Waals surface area contributed by atoms with Gasteiger partial charge in [-0.05, 0) is 36.8 Å². The van der Waals surface area contributed by atoms with Gasteiger partial charge in [0.25, 0.3) is 0 Å². The van der Waals surface area contributed by atoms with Gasteiger partial charge in [-0.1, -0.05) is 46.3 Å². The highest BCUT2D eigenvalue weighted by Crippen LogP contribution is 2.45. The molecule has 5 nitrogen and oxygen atoms in total. The van der Waals surface area contributed by atoms with Crippen LogP contribution in [0.4, 0.5) is 5.82 Å². The fraction of sp³-hybridized carbons (Fsp3) is 0.182. The molecule has 3 aromatic rings. The van der Waals surface area contributed by atoms with E-state index in [1.165, 1.54) is 0 Å². The minimum absolute atomic E-state index is 0.000759. The summed E-state index contributed by atoms with van der Waals surface area (Å²) in [5.74, 6) is 0.807. The van der Waals surface area contributed by atoms with Crippen molar-refractivity contribution in [3.63, 3.8) is 0 Å². The Morgan fingerprint density at radius 2 is 1.86 bits per heavy atom. The summed E-state index contributed by atoms with van der Waals surface area (Å²) in [5, 5.41) is 11.4. The van der Waals surface area contributed by atoms with E-state index in [1.807, 2.05) is 54.1 Å². The molecule has 0 saturated carbocycles. The number of hydrogen-bond acceptors (Lipinski definition) is 3. The molecule has 1 atom stereocenters. The van der Waals surface area contributed by atoms with E-state index < -0.39 is 0 Å². The lowest BCUT2D eigenvalue weighted by molar-refractivity contribution is -0.118. The molecule has 2 aliphatic heterocycles. The minimum atomic E-state index is -0.142. The number of nitrogens with one attached hydrogen (secondary N) is 2. The molecule has 2 N–H and O–H groups in total. The second-order valence-electron chi connectivity index (χ2n) is 7.10. The van der Waals surface area contributed by atoms with Crippen molar-refractivity contribution in [3.8, 4) is 5.69 Å². The van der Waals surface area contributed by atoms with E-state index in [9.17, 15) is 4.79 Å². The van der Waals surface area contributed by atoms with Crippen LogP contribution in [0.5, 0.6) is 0 Å². The molecule has 28 heavy (non-hydrogen) atoms. The number of fused-ring (bicyclic) bond motifs is 1. The number of carbonyl (C=O) groups excluding carboxylic acids is 1. The Morgan fingerprint density at radius 3 is 2.61 bits per heavy atom. The highest BCUT2D eigenvalue weighted by molar-refractivity contribution is 9.10. The molecule has 3 heterocycles. The molecule has 1 aromatic heterocycles. The first-order valence-electron chi connectivity index (χ1n) is 9.32. The maximum Gasteiger partial charge on any atom is 0.249 e. The quantitative estimate of drug-likeness (QED) is 0.632. The van der Waals surface area contributed by atoms with Crippen LogP contribution in [0.25, 0.3) is 5.69 Å². The Hall–Kier alpha value is -2.86. The predicted octanol–water partition coefficient (Wildman–Crippen LogP) is 4.27. The molecular weight excluding hydrogens is 416 g/mol. The maximum atomic E-state index is 12.8. The van der Waals surface area contributed by atoms with Gasteiger partial charge in [0.15, 0.2) is 0 Å². The van der Waals surface area contributed by atoms with Crippen molar-refractivity contribution >= 4 is 27.7 Å². The van der Waals surface area contributed by atoms with E-state index >= 15 is 0 Å². The molecule has 2 aliphatic rings. The Morgan fingerprint density at radius 1 is 1.11 bits per heavy atom. The molecule has 1 unspecified atom stereocenters. The largest absolute Gasteiger partial charge is 0.352 e. The Labute approximate surface area is 171 Å². The lowest BCUT2D eigenvalue weighted by Crippen LogP contribution is -2.38. The van der Waals surface area contributed by atoms with Crippen LogP contribution in [0, 0.1) is 6.92 Å². The number of carbonyl (C=O) groups is 1. The molecule has 0 spiro atoms. The minimum Gasteiger partial charge on any atom is -0.352 e. The first-order chi connectivity index (χ1) is 13.6. The Kier molecular flexibility index (Phi) is 4.09. The third kappa shape index (κ3) is 2.67. The van der Waals surface area contributed by atoms with E-state index in [0.717, 1.165) is 50.5 Å². The van der Waals surface area contributed by atoms with Crippen LogP contribution in [0.2, 0.25) is 0 Å². The zero-order chi connectivity index (χ0) is 19.3. The molecule has 0 radical (unpaired) electrons. The van der Waals surface area contributed by atoms with Crippen molar-refractivity contribution in [1.29, 1.82) is 0 Å². The van der Waals surface area contributed by atoms with Crippen LogP contribution in [-0.2, 0) is 4.79 Å². The number of aryl methyl sites for hydroxylation is 1. The summed E-state index contributed by atoms with van der Waals surface area (Å²) < 4.78 is 2.97. The SMILES string of the molecule is Cc1nn(-c2ccccc2)c2c1C(c1ccc(Br)cc1)C1=C(CCNC1=O)N2. The standard InChI is InChI=1S/C22H19BrN4O/c1-13-18-19(14-7-9-15(23)10-8-14)20-17(11-12-24-22(20)28)25-21(18)27(26-13)16-5-3-2-4-6-16/h2-10,19,25H,11-12H2,1H3,(H,24,28). The topological polar surface area (TPSA) is 59.0 Å². The zero-order valence-electron chi connectivity index (χ0n) is 15.4. The Bertz CT molecular complexity index is 1100. The number of halogens is 1. The van der Waals surface area contributed by atoms with Crippen LogP contribution in [0.15, 0.2) is 70.3 Å². The van der Waals surface area contributed by atoms with Gasteiger partial charge in [-0.15, -0.1) is 0 Å². The highest BCUT2D eigenvalue weighted by atomic mass is 79.9. The highest BCUT2D eigenvalue weighted by Gasteiger charge is 2.38. The molecule has 0 bridgehead atoms. The molecule has 6 heteroatoms. The van der Waals surface area contributed by atoms with Crippen LogP contribution in [-0.4, -0.2) is 22.2 Å². The van der Waals surface area contributed by atoms with Crippen molar-refractivity contribution < 1.29 is 4.79 Å². The summed E-state index contributed by atoms with van der Waals surface area (Å²) in [6, 6.07) is 18.3. The second-order valence-corrected chi connectivity index (χ2v) is 8.02. The summed E-state index contributed by atoms with van der Waals surface area (Å²) in [7, 11) is 0. The second kappa shape index (κ2) is 6.63. The summed E-state index contributed by atoms with van der Waals surface area (Å²) in [6.07, 6.45) is 0.784. The molecule has 0 saturated heterocycles. The normalized spacial score (nSPS) is 18.2. The van der Waals surface area contributed by atoms with Gasteiger partial charge in [0.05, 0.1) is 11.4 Å².